The molecule has 0 N–H and O–H groups in total. The highest BCUT2D eigenvalue weighted by Crippen LogP contribution is 2.05. The fourth-order valence-electron chi connectivity index (χ4n) is 0.879. The van der Waals surface area contributed by atoms with Gasteiger partial charge in [-0.25, -0.2) is 4.79 Å². The number of rotatable bonds is 5. The molecule has 0 heterocycles. The van der Waals surface area contributed by atoms with Crippen molar-refractivity contribution in [3.8, 4) is 0 Å². The van der Waals surface area contributed by atoms with Crippen LogP contribution in [-0.2, 0) is 9.53 Å². The Labute approximate surface area is 86.6 Å². The van der Waals surface area contributed by atoms with E-state index in [9.17, 15) is 4.79 Å². The first-order chi connectivity index (χ1) is 6.56. The van der Waals surface area contributed by atoms with Gasteiger partial charge in [0.15, 0.2) is 0 Å². The van der Waals surface area contributed by atoms with E-state index in [0.717, 1.165) is 12.0 Å². The van der Waals surface area contributed by atoms with Crippen LogP contribution in [0, 0.1) is 5.92 Å². The van der Waals surface area contributed by atoms with Crippen LogP contribution < -0.4 is 0 Å². The minimum atomic E-state index is -0.273. The highest BCUT2D eigenvalue weighted by atomic mass is 16.5. The lowest BCUT2D eigenvalue weighted by Gasteiger charge is -1.99. The maximum atomic E-state index is 10.9. The van der Waals surface area contributed by atoms with Gasteiger partial charge in [-0.1, -0.05) is 31.6 Å². The van der Waals surface area contributed by atoms with Crippen LogP contribution in [0.4, 0.5) is 0 Å². The molecule has 0 unspecified atom stereocenters. The molecule has 14 heavy (non-hydrogen) atoms. The standard InChI is InChI=1S/C12H20O2/c1-5-14-12(13)9-8-11(4)7-6-10(2)3/h7-10H,5-6H2,1-4H3/b9-8+,11-7+. The second kappa shape index (κ2) is 7.36. The van der Waals surface area contributed by atoms with Crippen LogP contribution in [-0.4, -0.2) is 12.6 Å². The Bertz CT molecular complexity index is 224. The van der Waals surface area contributed by atoms with Crippen molar-refractivity contribution < 1.29 is 9.53 Å². The van der Waals surface area contributed by atoms with Gasteiger partial charge >= 0.3 is 5.97 Å². The maximum Gasteiger partial charge on any atom is 0.330 e. The summed E-state index contributed by atoms with van der Waals surface area (Å²) in [7, 11) is 0. The Hall–Kier alpha value is -1.05. The monoisotopic (exact) mass is 196 g/mol. The van der Waals surface area contributed by atoms with Gasteiger partial charge in [0.25, 0.3) is 0 Å². The molecule has 0 radical (unpaired) electrons. The van der Waals surface area contributed by atoms with Crippen LogP contribution in [0.25, 0.3) is 0 Å². The number of hydrogen-bond acceptors (Lipinski definition) is 2. The zero-order valence-corrected chi connectivity index (χ0v) is 9.54. The Morgan fingerprint density at radius 1 is 1.36 bits per heavy atom. The molecule has 0 spiro atoms. The molecule has 0 saturated carbocycles. The highest BCUT2D eigenvalue weighted by molar-refractivity contribution is 5.82. The molecular formula is C12H20O2. The van der Waals surface area contributed by atoms with E-state index in [1.165, 1.54) is 6.08 Å². The molecule has 0 aromatic carbocycles. The molecule has 0 aromatic heterocycles. The van der Waals surface area contributed by atoms with Crippen LogP contribution in [0.5, 0.6) is 0 Å². The second-order valence-corrected chi connectivity index (χ2v) is 3.66. The van der Waals surface area contributed by atoms with Gasteiger partial charge in [0.05, 0.1) is 6.61 Å². The van der Waals surface area contributed by atoms with Crippen molar-refractivity contribution in [2.24, 2.45) is 5.92 Å². The van der Waals surface area contributed by atoms with Crippen LogP contribution >= 0.6 is 0 Å². The average Bonchev–Trinajstić information content (AvgIpc) is 2.12. The number of allylic oxidation sites excluding steroid dienone is 3. The normalized spacial score (nSPS) is 12.5. The molecule has 0 rings (SSSR count). The molecule has 0 aliphatic rings. The topological polar surface area (TPSA) is 26.3 Å². The minimum Gasteiger partial charge on any atom is -0.463 e. The molecule has 2 nitrogen and oxygen atoms in total. The zero-order chi connectivity index (χ0) is 11.0. The van der Waals surface area contributed by atoms with Gasteiger partial charge in [0, 0.05) is 6.08 Å². The van der Waals surface area contributed by atoms with E-state index in [1.54, 1.807) is 13.0 Å². The van der Waals surface area contributed by atoms with Gasteiger partial charge in [-0.15, -0.1) is 0 Å². The minimum absolute atomic E-state index is 0.273. The van der Waals surface area contributed by atoms with E-state index in [-0.39, 0.29) is 5.97 Å². The molecule has 0 saturated heterocycles. The van der Waals surface area contributed by atoms with Gasteiger partial charge in [-0.05, 0) is 26.2 Å². The summed E-state index contributed by atoms with van der Waals surface area (Å²) in [5.74, 6) is 0.380. The predicted octanol–water partition coefficient (Wildman–Crippen LogP) is 3.10. The molecule has 80 valence electrons. The quantitative estimate of drug-likeness (QED) is 0.383. The largest absolute Gasteiger partial charge is 0.463 e. The fourth-order valence-corrected chi connectivity index (χ4v) is 0.879. The molecule has 0 amide bonds. The SMILES string of the molecule is CCOC(=O)/C=C/C(C)=C/CC(C)C. The molecule has 0 fully saturated rings. The number of carbonyl (C=O) groups excluding carboxylic acids is 1. The third-order valence-corrected chi connectivity index (χ3v) is 1.68. The van der Waals surface area contributed by atoms with E-state index in [1.807, 2.05) is 6.92 Å². The summed E-state index contributed by atoms with van der Waals surface area (Å²) in [4.78, 5) is 10.9. The van der Waals surface area contributed by atoms with E-state index < -0.39 is 0 Å². The summed E-state index contributed by atoms with van der Waals surface area (Å²) in [5, 5.41) is 0. The lowest BCUT2D eigenvalue weighted by atomic mass is 10.1. The number of hydrogen-bond donors (Lipinski definition) is 0. The molecule has 0 bridgehead atoms. The highest BCUT2D eigenvalue weighted by Gasteiger charge is 1.93. The van der Waals surface area contributed by atoms with Gasteiger partial charge < -0.3 is 4.74 Å². The van der Waals surface area contributed by atoms with Crippen molar-refractivity contribution in [1.29, 1.82) is 0 Å². The first-order valence-corrected chi connectivity index (χ1v) is 5.07. The third-order valence-electron chi connectivity index (χ3n) is 1.68. The van der Waals surface area contributed by atoms with E-state index in [4.69, 9.17) is 4.74 Å². The van der Waals surface area contributed by atoms with Crippen LogP contribution in [0.2, 0.25) is 0 Å². The second-order valence-electron chi connectivity index (χ2n) is 3.66. The summed E-state index contributed by atoms with van der Waals surface area (Å²) >= 11 is 0. The van der Waals surface area contributed by atoms with Crippen molar-refractivity contribution >= 4 is 5.97 Å². The predicted molar refractivity (Wildman–Crippen MR) is 59.0 cm³/mol. The van der Waals surface area contributed by atoms with Crippen LogP contribution in [0.1, 0.15) is 34.1 Å². The molecular weight excluding hydrogens is 176 g/mol. The summed E-state index contributed by atoms with van der Waals surface area (Å²) < 4.78 is 4.76. The number of ether oxygens (including phenoxy) is 1. The summed E-state index contributed by atoms with van der Waals surface area (Å²) in [6.45, 7) is 8.54. The lowest BCUT2D eigenvalue weighted by molar-refractivity contribution is -0.137. The Balaban J connectivity index is 3.97. The summed E-state index contributed by atoms with van der Waals surface area (Å²) in [6.07, 6.45) is 6.43. The molecule has 0 aromatic rings. The molecule has 2 heteroatoms. The van der Waals surface area contributed by atoms with E-state index in [0.29, 0.717) is 12.5 Å². The molecule has 0 atom stereocenters. The van der Waals surface area contributed by atoms with Gasteiger partial charge in [0.1, 0.15) is 0 Å². The average molecular weight is 196 g/mol. The Morgan fingerprint density at radius 2 is 2.00 bits per heavy atom. The Morgan fingerprint density at radius 3 is 2.50 bits per heavy atom. The van der Waals surface area contributed by atoms with Crippen molar-refractivity contribution in [1.82, 2.24) is 0 Å². The van der Waals surface area contributed by atoms with Gasteiger partial charge in [-0.2, -0.15) is 0 Å². The first-order valence-electron chi connectivity index (χ1n) is 5.07. The molecule has 0 aliphatic heterocycles. The fraction of sp³-hybridized carbons (Fsp3) is 0.583. The Kier molecular flexibility index (Phi) is 6.81. The maximum absolute atomic E-state index is 10.9. The number of carbonyl (C=O) groups is 1. The number of esters is 1. The van der Waals surface area contributed by atoms with Crippen molar-refractivity contribution in [3.05, 3.63) is 23.8 Å². The van der Waals surface area contributed by atoms with E-state index >= 15 is 0 Å². The summed E-state index contributed by atoms with van der Waals surface area (Å²) in [6, 6.07) is 0. The van der Waals surface area contributed by atoms with Crippen molar-refractivity contribution in [2.75, 3.05) is 6.61 Å². The van der Waals surface area contributed by atoms with Crippen molar-refractivity contribution in [3.63, 3.8) is 0 Å². The summed E-state index contributed by atoms with van der Waals surface area (Å²) in [5.41, 5.74) is 1.10. The first kappa shape index (κ1) is 12.9. The molecule has 0 aliphatic carbocycles. The lowest BCUT2D eigenvalue weighted by Crippen LogP contribution is -1.98. The van der Waals surface area contributed by atoms with Gasteiger partial charge in [0.2, 0.25) is 0 Å². The smallest absolute Gasteiger partial charge is 0.330 e. The zero-order valence-electron chi connectivity index (χ0n) is 9.54. The van der Waals surface area contributed by atoms with Crippen LogP contribution in [0.15, 0.2) is 23.8 Å². The van der Waals surface area contributed by atoms with Gasteiger partial charge in [-0.3, -0.25) is 0 Å². The van der Waals surface area contributed by atoms with E-state index in [2.05, 4.69) is 19.9 Å². The van der Waals surface area contributed by atoms with Crippen LogP contribution in [0.3, 0.4) is 0 Å². The van der Waals surface area contributed by atoms with Crippen molar-refractivity contribution in [2.45, 2.75) is 34.1 Å². The third kappa shape index (κ3) is 7.59.